The second-order valence-corrected chi connectivity index (χ2v) is 9.30. The molecule has 0 aromatic rings. The molecule has 0 amide bonds. The summed E-state index contributed by atoms with van der Waals surface area (Å²) in [5.74, 6) is -1.43. The molecule has 2 aliphatic rings. The van der Waals surface area contributed by atoms with E-state index in [-0.39, 0.29) is 30.6 Å². The van der Waals surface area contributed by atoms with E-state index >= 15 is 0 Å². The fourth-order valence-electron chi connectivity index (χ4n) is 3.72. The van der Waals surface area contributed by atoms with Crippen LogP contribution >= 0.6 is 0 Å². The second kappa shape index (κ2) is 7.14. The van der Waals surface area contributed by atoms with Crippen molar-refractivity contribution in [2.75, 3.05) is 19.7 Å². The van der Waals surface area contributed by atoms with E-state index in [2.05, 4.69) is 32.6 Å². The van der Waals surface area contributed by atoms with E-state index < -0.39 is 12.1 Å². The van der Waals surface area contributed by atoms with E-state index in [1.54, 1.807) is 0 Å². The van der Waals surface area contributed by atoms with Crippen LogP contribution in [0.1, 0.15) is 66.7 Å². The Morgan fingerprint density at radius 1 is 1.17 bits per heavy atom. The lowest BCUT2D eigenvalue weighted by Crippen LogP contribution is -2.48. The van der Waals surface area contributed by atoms with Gasteiger partial charge in [-0.3, -0.25) is 4.90 Å². The van der Waals surface area contributed by atoms with E-state index in [4.69, 9.17) is 4.74 Å². The predicted octanol–water partition coefficient (Wildman–Crippen LogP) is 5.27. The van der Waals surface area contributed by atoms with Crippen LogP contribution in [0.5, 0.6) is 0 Å². The van der Waals surface area contributed by atoms with E-state index in [0.29, 0.717) is 5.41 Å². The maximum Gasteiger partial charge on any atom is 0.392 e. The molecule has 1 aliphatic heterocycles. The first-order valence-corrected chi connectivity index (χ1v) is 9.34. The molecule has 2 fully saturated rings. The van der Waals surface area contributed by atoms with Crippen molar-refractivity contribution >= 4 is 0 Å². The van der Waals surface area contributed by atoms with E-state index in [9.17, 15) is 13.2 Å². The molecule has 2 nitrogen and oxygen atoms in total. The summed E-state index contributed by atoms with van der Waals surface area (Å²) in [6, 6.07) is 0. The van der Waals surface area contributed by atoms with Crippen LogP contribution in [0.3, 0.4) is 0 Å². The topological polar surface area (TPSA) is 12.5 Å². The molecule has 142 valence electrons. The molecule has 0 bridgehead atoms. The fraction of sp³-hybridized carbons (Fsp3) is 1.00. The molecule has 3 atom stereocenters. The highest BCUT2D eigenvalue weighted by Gasteiger charge is 2.55. The highest BCUT2D eigenvalue weighted by molar-refractivity contribution is 4.91. The summed E-state index contributed by atoms with van der Waals surface area (Å²) in [5, 5.41) is 0. The molecule has 3 unspecified atom stereocenters. The third-order valence-electron chi connectivity index (χ3n) is 6.01. The summed E-state index contributed by atoms with van der Waals surface area (Å²) >= 11 is 0. The van der Waals surface area contributed by atoms with Gasteiger partial charge in [-0.1, -0.05) is 6.92 Å². The molecule has 1 saturated heterocycles. The average Bonchev–Trinajstić information content (AvgIpc) is 3.22. The molecule has 0 aromatic carbocycles. The highest BCUT2D eigenvalue weighted by Crippen LogP contribution is 2.50. The number of ether oxygens (including phenoxy) is 1. The van der Waals surface area contributed by atoms with Gasteiger partial charge in [-0.25, -0.2) is 0 Å². The number of nitrogens with zero attached hydrogens (tertiary/aromatic N) is 1. The summed E-state index contributed by atoms with van der Waals surface area (Å²) in [4.78, 5) is 2.54. The average molecular weight is 349 g/mol. The summed E-state index contributed by atoms with van der Waals surface area (Å²) in [6.07, 6.45) is 0.681. The third-order valence-corrected chi connectivity index (χ3v) is 6.01. The van der Waals surface area contributed by atoms with Gasteiger partial charge < -0.3 is 4.74 Å². The summed E-state index contributed by atoms with van der Waals surface area (Å²) in [6.45, 7) is 13.7. The van der Waals surface area contributed by atoms with Crippen molar-refractivity contribution in [3.63, 3.8) is 0 Å². The molecular weight excluding hydrogens is 315 g/mol. The largest absolute Gasteiger partial charge is 0.392 e. The Kier molecular flexibility index (Phi) is 5.96. The number of piperidine rings is 1. The molecule has 0 radical (unpaired) electrons. The molecule has 1 heterocycles. The molecule has 5 heteroatoms. The Bertz CT molecular complexity index is 408. The van der Waals surface area contributed by atoms with Crippen molar-refractivity contribution in [3.05, 3.63) is 0 Å². The lowest BCUT2D eigenvalue weighted by Gasteiger charge is -2.45. The minimum Gasteiger partial charge on any atom is -0.378 e. The lowest BCUT2D eigenvalue weighted by molar-refractivity contribution is -0.153. The van der Waals surface area contributed by atoms with Crippen LogP contribution in [0.25, 0.3) is 0 Å². The van der Waals surface area contributed by atoms with Gasteiger partial charge in [0.2, 0.25) is 0 Å². The highest BCUT2D eigenvalue weighted by atomic mass is 19.4. The van der Waals surface area contributed by atoms with Gasteiger partial charge in [-0.05, 0) is 84.2 Å². The third kappa shape index (κ3) is 5.62. The Morgan fingerprint density at radius 2 is 1.75 bits per heavy atom. The number of hydrogen-bond acceptors (Lipinski definition) is 2. The summed E-state index contributed by atoms with van der Waals surface area (Å²) in [7, 11) is 0. The van der Waals surface area contributed by atoms with Crippen molar-refractivity contribution < 1.29 is 17.9 Å². The second-order valence-electron chi connectivity index (χ2n) is 9.30. The van der Waals surface area contributed by atoms with Gasteiger partial charge >= 0.3 is 6.18 Å². The number of rotatable bonds is 6. The number of likely N-dealkylation sites (tertiary alicyclic amines) is 1. The molecule has 1 aliphatic carbocycles. The van der Waals surface area contributed by atoms with Crippen molar-refractivity contribution in [2.45, 2.75) is 84.5 Å². The van der Waals surface area contributed by atoms with Gasteiger partial charge in [0.1, 0.15) is 0 Å². The maximum absolute atomic E-state index is 12.5. The van der Waals surface area contributed by atoms with Crippen molar-refractivity contribution in [2.24, 2.45) is 17.3 Å². The molecule has 0 N–H and O–H groups in total. The fourth-order valence-corrected chi connectivity index (χ4v) is 3.72. The summed E-state index contributed by atoms with van der Waals surface area (Å²) < 4.78 is 43.2. The van der Waals surface area contributed by atoms with Crippen LogP contribution in [0.2, 0.25) is 0 Å². The molecule has 0 spiro atoms. The van der Waals surface area contributed by atoms with E-state index in [1.165, 1.54) is 12.8 Å². The molecule has 1 saturated carbocycles. The minimum atomic E-state index is -4.04. The number of hydrogen-bond donors (Lipinski definition) is 0. The zero-order valence-electron chi connectivity index (χ0n) is 15.9. The van der Waals surface area contributed by atoms with Crippen molar-refractivity contribution in [1.82, 2.24) is 4.90 Å². The predicted molar refractivity (Wildman–Crippen MR) is 91.0 cm³/mol. The molecule has 0 aromatic heterocycles. The van der Waals surface area contributed by atoms with Gasteiger partial charge in [0.25, 0.3) is 0 Å². The summed E-state index contributed by atoms with van der Waals surface area (Å²) in [5.41, 5.74) is 0.574. The first-order valence-electron chi connectivity index (χ1n) is 9.34. The molecule has 24 heavy (non-hydrogen) atoms. The molecular formula is C19H34F3NO. The van der Waals surface area contributed by atoms with Crippen LogP contribution in [0.15, 0.2) is 0 Å². The Hall–Kier alpha value is -0.290. The minimum absolute atomic E-state index is 0.0527. The zero-order valence-corrected chi connectivity index (χ0v) is 15.9. The van der Waals surface area contributed by atoms with E-state index in [0.717, 1.165) is 25.9 Å². The quantitative estimate of drug-likeness (QED) is 0.648. The van der Waals surface area contributed by atoms with Crippen LogP contribution in [-0.4, -0.2) is 42.4 Å². The number of halogens is 3. The zero-order chi connectivity index (χ0) is 18.2. The molecule has 2 rings (SSSR count). The van der Waals surface area contributed by atoms with Gasteiger partial charge in [-0.2, -0.15) is 13.2 Å². The van der Waals surface area contributed by atoms with Gasteiger partial charge in [0.15, 0.2) is 0 Å². The van der Waals surface area contributed by atoms with Crippen LogP contribution in [-0.2, 0) is 4.74 Å². The van der Waals surface area contributed by atoms with Crippen molar-refractivity contribution in [1.29, 1.82) is 0 Å². The maximum atomic E-state index is 12.5. The lowest BCUT2D eigenvalue weighted by atomic mass is 9.75. The van der Waals surface area contributed by atoms with Gasteiger partial charge in [0, 0.05) is 5.54 Å². The van der Waals surface area contributed by atoms with Gasteiger partial charge in [0.05, 0.1) is 18.6 Å². The normalized spacial score (nSPS) is 29.5. The monoisotopic (exact) mass is 349 g/mol. The van der Waals surface area contributed by atoms with Crippen LogP contribution in [0, 0.1) is 17.3 Å². The standard InChI is InChI=1S/C19H34F3NO/c1-14(24-13-15-12-16(15)19(20,21)22)6-7-18(5)8-10-23(11-9-18)17(2,3)4/h14-16H,6-13H2,1-5H3. The van der Waals surface area contributed by atoms with Crippen LogP contribution in [0.4, 0.5) is 13.2 Å². The van der Waals surface area contributed by atoms with E-state index in [1.807, 2.05) is 6.92 Å². The SMILES string of the molecule is CC(CCC1(C)CCN(C(C)(C)C)CC1)OCC1CC1C(F)(F)F. The van der Waals surface area contributed by atoms with Crippen molar-refractivity contribution in [3.8, 4) is 0 Å². The Morgan fingerprint density at radius 3 is 2.21 bits per heavy atom. The Labute approximate surface area is 145 Å². The Balaban J connectivity index is 1.64. The van der Waals surface area contributed by atoms with Crippen LogP contribution < -0.4 is 0 Å². The number of alkyl halides is 3. The first-order chi connectivity index (χ1) is 10.9. The van der Waals surface area contributed by atoms with Gasteiger partial charge in [-0.15, -0.1) is 0 Å². The first kappa shape index (κ1) is 20.0. The smallest absolute Gasteiger partial charge is 0.378 e.